The number of hydrogen-bond donors (Lipinski definition) is 2. The fraction of sp³-hybridized carbons (Fsp3) is 0.846. The average molecular weight is 269 g/mol. The second-order valence-corrected chi connectivity index (χ2v) is 5.89. The van der Waals surface area contributed by atoms with E-state index in [4.69, 9.17) is 5.11 Å². The van der Waals surface area contributed by atoms with Gasteiger partial charge in [0.25, 0.3) is 0 Å². The molecular formula is C13H23N3O3. The Balaban J connectivity index is 1.85. The number of carboxylic acids is 1. The van der Waals surface area contributed by atoms with Crippen LogP contribution < -0.4 is 5.32 Å². The summed E-state index contributed by atoms with van der Waals surface area (Å²) in [6.45, 7) is 6.60. The lowest BCUT2D eigenvalue weighted by Gasteiger charge is -2.41. The fourth-order valence-electron chi connectivity index (χ4n) is 2.84. The lowest BCUT2D eigenvalue weighted by molar-refractivity contribution is -0.140. The van der Waals surface area contributed by atoms with E-state index in [9.17, 15) is 9.59 Å². The standard InChI is InChI=1S/C13H23N3O3/c1-13(10-11(17)18)2-6-15(7-3-13)12(19)16-8-4-14-5-9-16/h14H,2-10H2,1H3,(H,17,18). The van der Waals surface area contributed by atoms with Crippen LogP contribution in [-0.2, 0) is 4.79 Å². The van der Waals surface area contributed by atoms with Gasteiger partial charge in [-0.2, -0.15) is 0 Å². The third-order valence-electron chi connectivity index (χ3n) is 4.21. The minimum atomic E-state index is -0.746. The summed E-state index contributed by atoms with van der Waals surface area (Å²) in [5, 5.41) is 12.1. The normalized spacial score (nSPS) is 23.2. The third-order valence-corrected chi connectivity index (χ3v) is 4.21. The zero-order valence-corrected chi connectivity index (χ0v) is 11.5. The summed E-state index contributed by atoms with van der Waals surface area (Å²) in [5.41, 5.74) is -0.161. The maximum atomic E-state index is 12.3. The maximum Gasteiger partial charge on any atom is 0.320 e. The number of carbonyl (C=O) groups is 2. The summed E-state index contributed by atoms with van der Waals surface area (Å²) < 4.78 is 0. The molecule has 0 aromatic rings. The molecule has 2 N–H and O–H groups in total. The van der Waals surface area contributed by atoms with E-state index in [0.29, 0.717) is 13.1 Å². The molecule has 2 aliphatic rings. The molecule has 0 spiro atoms. The highest BCUT2D eigenvalue weighted by atomic mass is 16.4. The predicted molar refractivity (Wildman–Crippen MR) is 71.0 cm³/mol. The van der Waals surface area contributed by atoms with Crippen LogP contribution in [0.15, 0.2) is 0 Å². The quantitative estimate of drug-likeness (QED) is 0.769. The number of carbonyl (C=O) groups excluding carboxylic acids is 1. The van der Waals surface area contributed by atoms with Crippen molar-refractivity contribution in [2.75, 3.05) is 39.3 Å². The Morgan fingerprint density at radius 3 is 2.16 bits per heavy atom. The number of piperidine rings is 1. The fourth-order valence-corrected chi connectivity index (χ4v) is 2.84. The van der Waals surface area contributed by atoms with Gasteiger partial charge in [0.2, 0.25) is 0 Å². The molecule has 0 aromatic heterocycles. The molecule has 0 aliphatic carbocycles. The van der Waals surface area contributed by atoms with E-state index in [2.05, 4.69) is 5.32 Å². The van der Waals surface area contributed by atoms with Gasteiger partial charge in [-0.3, -0.25) is 4.79 Å². The van der Waals surface area contributed by atoms with Crippen molar-refractivity contribution in [3.8, 4) is 0 Å². The van der Waals surface area contributed by atoms with E-state index in [1.54, 1.807) is 0 Å². The van der Waals surface area contributed by atoms with E-state index in [1.807, 2.05) is 16.7 Å². The van der Waals surface area contributed by atoms with Gasteiger partial charge in [-0.25, -0.2) is 4.79 Å². The Bertz CT molecular complexity index is 345. The van der Waals surface area contributed by atoms with Gasteiger partial charge >= 0.3 is 12.0 Å². The molecule has 6 heteroatoms. The van der Waals surface area contributed by atoms with Gasteiger partial charge in [-0.1, -0.05) is 6.92 Å². The minimum absolute atomic E-state index is 0.110. The molecule has 2 rings (SSSR count). The lowest BCUT2D eigenvalue weighted by Crippen LogP contribution is -2.53. The molecule has 2 fully saturated rings. The maximum absolute atomic E-state index is 12.3. The van der Waals surface area contributed by atoms with E-state index >= 15 is 0 Å². The first-order valence-electron chi connectivity index (χ1n) is 6.97. The topological polar surface area (TPSA) is 72.9 Å². The van der Waals surface area contributed by atoms with Crippen LogP contribution in [0, 0.1) is 5.41 Å². The zero-order valence-electron chi connectivity index (χ0n) is 11.5. The summed E-state index contributed by atoms with van der Waals surface area (Å²) in [7, 11) is 0. The van der Waals surface area contributed by atoms with Crippen molar-refractivity contribution in [3.63, 3.8) is 0 Å². The summed E-state index contributed by atoms with van der Waals surface area (Å²) in [4.78, 5) is 26.9. The molecule has 2 heterocycles. The predicted octanol–water partition coefficient (Wildman–Crippen LogP) is 0.588. The molecule has 6 nitrogen and oxygen atoms in total. The molecule has 0 aromatic carbocycles. The van der Waals surface area contributed by atoms with E-state index in [0.717, 1.165) is 39.0 Å². The Kier molecular flexibility index (Phi) is 4.29. The minimum Gasteiger partial charge on any atom is -0.481 e. The second kappa shape index (κ2) is 5.77. The molecule has 0 saturated carbocycles. The highest BCUT2D eigenvalue weighted by Crippen LogP contribution is 2.34. The van der Waals surface area contributed by atoms with Gasteiger partial charge in [0, 0.05) is 39.3 Å². The number of likely N-dealkylation sites (tertiary alicyclic amines) is 1. The number of urea groups is 1. The third kappa shape index (κ3) is 3.59. The van der Waals surface area contributed by atoms with Gasteiger partial charge in [-0.05, 0) is 18.3 Å². The number of piperazine rings is 1. The second-order valence-electron chi connectivity index (χ2n) is 5.89. The first kappa shape index (κ1) is 14.1. The summed E-state index contributed by atoms with van der Waals surface area (Å²) in [6.07, 6.45) is 1.75. The highest BCUT2D eigenvalue weighted by molar-refractivity contribution is 5.75. The summed E-state index contributed by atoms with van der Waals surface area (Å²) in [5.74, 6) is -0.746. The van der Waals surface area contributed by atoms with Gasteiger partial charge in [0.05, 0.1) is 6.42 Å². The Hall–Kier alpha value is -1.30. The van der Waals surface area contributed by atoms with E-state index < -0.39 is 5.97 Å². The Morgan fingerprint density at radius 2 is 1.63 bits per heavy atom. The van der Waals surface area contributed by atoms with Gasteiger partial charge in [0.15, 0.2) is 0 Å². The molecule has 19 heavy (non-hydrogen) atoms. The van der Waals surface area contributed by atoms with Crippen molar-refractivity contribution in [3.05, 3.63) is 0 Å². The molecule has 0 unspecified atom stereocenters. The molecule has 0 radical (unpaired) electrons. The lowest BCUT2D eigenvalue weighted by atomic mass is 9.78. The molecule has 2 amide bonds. The number of hydrogen-bond acceptors (Lipinski definition) is 3. The highest BCUT2D eigenvalue weighted by Gasteiger charge is 2.35. The van der Waals surface area contributed by atoms with Crippen LogP contribution in [0.25, 0.3) is 0 Å². The Morgan fingerprint density at radius 1 is 1.11 bits per heavy atom. The monoisotopic (exact) mass is 269 g/mol. The number of rotatable bonds is 2. The zero-order chi connectivity index (χ0) is 13.9. The molecule has 0 bridgehead atoms. The average Bonchev–Trinajstić information content (AvgIpc) is 2.38. The van der Waals surface area contributed by atoms with Gasteiger partial charge < -0.3 is 20.2 Å². The largest absolute Gasteiger partial charge is 0.481 e. The number of nitrogens with zero attached hydrogens (tertiary/aromatic N) is 2. The smallest absolute Gasteiger partial charge is 0.320 e. The first-order valence-corrected chi connectivity index (χ1v) is 6.97. The Labute approximate surface area is 113 Å². The van der Waals surface area contributed by atoms with E-state index in [1.165, 1.54) is 0 Å². The molecule has 2 saturated heterocycles. The van der Waals surface area contributed by atoms with Crippen LogP contribution >= 0.6 is 0 Å². The van der Waals surface area contributed by atoms with Gasteiger partial charge in [0.1, 0.15) is 0 Å². The summed E-state index contributed by atoms with van der Waals surface area (Å²) >= 11 is 0. The van der Waals surface area contributed by atoms with Gasteiger partial charge in [-0.15, -0.1) is 0 Å². The molecule has 108 valence electrons. The van der Waals surface area contributed by atoms with Crippen LogP contribution in [0.5, 0.6) is 0 Å². The SMILES string of the molecule is CC1(CC(=O)O)CCN(C(=O)N2CCNCC2)CC1. The van der Waals surface area contributed by atoms with Crippen molar-refractivity contribution >= 4 is 12.0 Å². The molecule has 0 atom stereocenters. The number of nitrogens with one attached hydrogen (secondary N) is 1. The van der Waals surface area contributed by atoms with Crippen LogP contribution in [0.3, 0.4) is 0 Å². The number of carboxylic acid groups (broad SMARTS) is 1. The van der Waals surface area contributed by atoms with Crippen LogP contribution in [0.4, 0.5) is 4.79 Å². The van der Waals surface area contributed by atoms with Crippen LogP contribution in [0.2, 0.25) is 0 Å². The van der Waals surface area contributed by atoms with Crippen molar-refractivity contribution in [2.45, 2.75) is 26.2 Å². The molecular weight excluding hydrogens is 246 g/mol. The van der Waals surface area contributed by atoms with Crippen molar-refractivity contribution in [1.29, 1.82) is 0 Å². The van der Waals surface area contributed by atoms with Crippen molar-refractivity contribution in [2.24, 2.45) is 5.41 Å². The number of aliphatic carboxylic acids is 1. The van der Waals surface area contributed by atoms with E-state index in [-0.39, 0.29) is 17.9 Å². The summed E-state index contributed by atoms with van der Waals surface area (Å²) in [6, 6.07) is 0.110. The van der Waals surface area contributed by atoms with Crippen LogP contribution in [-0.4, -0.2) is 66.2 Å². The van der Waals surface area contributed by atoms with Crippen molar-refractivity contribution < 1.29 is 14.7 Å². The van der Waals surface area contributed by atoms with Crippen LogP contribution in [0.1, 0.15) is 26.2 Å². The number of amides is 2. The molecule has 2 aliphatic heterocycles. The van der Waals surface area contributed by atoms with Crippen molar-refractivity contribution in [1.82, 2.24) is 15.1 Å². The first-order chi connectivity index (χ1) is 9.00.